The summed E-state index contributed by atoms with van der Waals surface area (Å²) in [6.07, 6.45) is 0. The molecule has 0 aromatic carbocycles. The fourth-order valence-electron chi connectivity index (χ4n) is 0.232. The summed E-state index contributed by atoms with van der Waals surface area (Å²) in [5.41, 5.74) is 0. The summed E-state index contributed by atoms with van der Waals surface area (Å²) in [5, 5.41) is 4.39. The number of thiol groups is 1. The van der Waals surface area contributed by atoms with Gasteiger partial charge in [-0.05, 0) is 18.5 Å². The standard InChI is InChI=1S/C3H4N2S2/c1-2-3(6)4-5-7-2/h6H,1H3. The molecular formula is C3H4N2S2. The monoisotopic (exact) mass is 132 g/mol. The minimum absolute atomic E-state index is 0.741. The van der Waals surface area contributed by atoms with E-state index in [0.29, 0.717) is 0 Å². The molecule has 7 heavy (non-hydrogen) atoms. The molecule has 0 aliphatic carbocycles. The summed E-state index contributed by atoms with van der Waals surface area (Å²) in [6, 6.07) is 0. The van der Waals surface area contributed by atoms with E-state index in [4.69, 9.17) is 0 Å². The molecule has 0 amide bonds. The highest BCUT2D eigenvalue weighted by Gasteiger charge is 1.92. The van der Waals surface area contributed by atoms with Crippen LogP contribution < -0.4 is 0 Å². The first kappa shape index (κ1) is 5.05. The van der Waals surface area contributed by atoms with Gasteiger partial charge in [-0.3, -0.25) is 0 Å². The van der Waals surface area contributed by atoms with Gasteiger partial charge in [0, 0.05) is 0 Å². The second kappa shape index (κ2) is 1.79. The van der Waals surface area contributed by atoms with Crippen LogP contribution in [0.15, 0.2) is 5.03 Å². The minimum Gasteiger partial charge on any atom is -0.132 e. The molecule has 1 heterocycles. The van der Waals surface area contributed by atoms with E-state index in [9.17, 15) is 0 Å². The highest BCUT2D eigenvalue weighted by molar-refractivity contribution is 7.80. The Labute approximate surface area is 51.1 Å². The van der Waals surface area contributed by atoms with Gasteiger partial charge in [0.05, 0.1) is 4.88 Å². The smallest absolute Gasteiger partial charge is 0.131 e. The summed E-state index contributed by atoms with van der Waals surface area (Å²) in [7, 11) is 0. The maximum Gasteiger partial charge on any atom is 0.131 e. The van der Waals surface area contributed by atoms with Gasteiger partial charge in [0.2, 0.25) is 0 Å². The Morgan fingerprint density at radius 2 is 2.43 bits per heavy atom. The first-order valence-electron chi connectivity index (χ1n) is 1.78. The van der Waals surface area contributed by atoms with Crippen LogP contribution in [0.5, 0.6) is 0 Å². The zero-order valence-electron chi connectivity index (χ0n) is 3.75. The zero-order valence-corrected chi connectivity index (χ0v) is 5.46. The number of rotatable bonds is 0. The van der Waals surface area contributed by atoms with Crippen molar-refractivity contribution in [2.45, 2.75) is 11.9 Å². The minimum atomic E-state index is 0.741. The Morgan fingerprint density at radius 3 is 2.57 bits per heavy atom. The third-order valence-electron chi connectivity index (χ3n) is 0.628. The number of hydrogen-bond donors (Lipinski definition) is 1. The summed E-state index contributed by atoms with van der Waals surface area (Å²) in [6.45, 7) is 1.94. The predicted molar refractivity (Wildman–Crippen MR) is 31.9 cm³/mol. The molecule has 2 nitrogen and oxygen atoms in total. The van der Waals surface area contributed by atoms with E-state index >= 15 is 0 Å². The molecule has 1 aromatic heterocycles. The van der Waals surface area contributed by atoms with E-state index in [1.54, 1.807) is 0 Å². The molecule has 0 saturated carbocycles. The van der Waals surface area contributed by atoms with Crippen molar-refractivity contribution in [3.63, 3.8) is 0 Å². The Hall–Kier alpha value is -0.0900. The van der Waals surface area contributed by atoms with E-state index in [-0.39, 0.29) is 0 Å². The average molecular weight is 132 g/mol. The molecule has 0 fully saturated rings. The number of nitrogens with zero attached hydrogens (tertiary/aromatic N) is 2. The van der Waals surface area contributed by atoms with Crippen LogP contribution in [0.25, 0.3) is 0 Å². The summed E-state index contributed by atoms with van der Waals surface area (Å²) in [4.78, 5) is 1.07. The quantitative estimate of drug-likeness (QED) is 0.535. The summed E-state index contributed by atoms with van der Waals surface area (Å²) < 4.78 is 3.64. The number of aromatic nitrogens is 2. The van der Waals surface area contributed by atoms with Gasteiger partial charge in [0.25, 0.3) is 0 Å². The Kier molecular flexibility index (Phi) is 1.30. The lowest BCUT2D eigenvalue weighted by Gasteiger charge is -1.73. The van der Waals surface area contributed by atoms with E-state index in [1.807, 2.05) is 6.92 Å². The van der Waals surface area contributed by atoms with Crippen LogP contribution in [0, 0.1) is 6.92 Å². The molecule has 0 radical (unpaired) electrons. The van der Waals surface area contributed by atoms with Crippen LogP contribution in [-0.4, -0.2) is 9.59 Å². The lowest BCUT2D eigenvalue weighted by molar-refractivity contribution is 1.02. The molecule has 0 aliphatic heterocycles. The first-order chi connectivity index (χ1) is 3.30. The number of aryl methyl sites for hydroxylation is 1. The second-order valence-electron chi connectivity index (χ2n) is 1.15. The summed E-state index contributed by atoms with van der Waals surface area (Å²) >= 11 is 5.35. The molecular weight excluding hydrogens is 128 g/mol. The molecule has 0 bridgehead atoms. The van der Waals surface area contributed by atoms with Gasteiger partial charge in [0.1, 0.15) is 5.03 Å². The maximum atomic E-state index is 3.99. The van der Waals surface area contributed by atoms with Gasteiger partial charge < -0.3 is 0 Å². The average Bonchev–Trinajstić information content (AvgIpc) is 1.91. The van der Waals surface area contributed by atoms with Crippen molar-refractivity contribution in [1.82, 2.24) is 9.59 Å². The lowest BCUT2D eigenvalue weighted by atomic mass is 10.6. The van der Waals surface area contributed by atoms with E-state index < -0.39 is 0 Å². The van der Waals surface area contributed by atoms with E-state index in [0.717, 1.165) is 9.90 Å². The zero-order chi connectivity index (χ0) is 5.28. The molecule has 1 rings (SSSR count). The van der Waals surface area contributed by atoms with Crippen molar-refractivity contribution in [3.05, 3.63) is 4.88 Å². The number of hydrogen-bond acceptors (Lipinski definition) is 4. The normalized spacial score (nSPS) is 9.43. The molecule has 0 atom stereocenters. The first-order valence-corrected chi connectivity index (χ1v) is 3.00. The van der Waals surface area contributed by atoms with Gasteiger partial charge in [0.15, 0.2) is 0 Å². The Bertz CT molecular complexity index is 143. The largest absolute Gasteiger partial charge is 0.132 e. The van der Waals surface area contributed by atoms with Crippen LogP contribution in [-0.2, 0) is 0 Å². The van der Waals surface area contributed by atoms with Crippen molar-refractivity contribution in [2.75, 3.05) is 0 Å². The maximum absolute atomic E-state index is 3.99. The third-order valence-corrected chi connectivity index (χ3v) is 1.83. The molecule has 4 heteroatoms. The summed E-state index contributed by atoms with van der Waals surface area (Å²) in [5.74, 6) is 0. The predicted octanol–water partition coefficient (Wildman–Crippen LogP) is 1.14. The highest BCUT2D eigenvalue weighted by atomic mass is 32.1. The molecule has 0 aliphatic rings. The molecule has 0 spiro atoms. The highest BCUT2D eigenvalue weighted by Crippen LogP contribution is 2.10. The van der Waals surface area contributed by atoms with Crippen LogP contribution in [0.1, 0.15) is 4.88 Å². The van der Waals surface area contributed by atoms with Gasteiger partial charge in [-0.25, -0.2) is 0 Å². The van der Waals surface area contributed by atoms with Crippen molar-refractivity contribution < 1.29 is 0 Å². The van der Waals surface area contributed by atoms with Gasteiger partial charge in [-0.1, -0.05) is 4.49 Å². The van der Waals surface area contributed by atoms with Crippen molar-refractivity contribution in [3.8, 4) is 0 Å². The van der Waals surface area contributed by atoms with Crippen LogP contribution in [0.4, 0.5) is 0 Å². The molecule has 38 valence electrons. The van der Waals surface area contributed by atoms with Crippen LogP contribution in [0.2, 0.25) is 0 Å². The van der Waals surface area contributed by atoms with Crippen molar-refractivity contribution in [2.24, 2.45) is 0 Å². The lowest BCUT2D eigenvalue weighted by Crippen LogP contribution is -1.64. The fourth-order valence-corrected chi connectivity index (χ4v) is 0.827. The van der Waals surface area contributed by atoms with Crippen molar-refractivity contribution >= 4 is 24.2 Å². The van der Waals surface area contributed by atoms with E-state index in [2.05, 4.69) is 22.2 Å². The fraction of sp³-hybridized carbons (Fsp3) is 0.333. The van der Waals surface area contributed by atoms with Crippen LogP contribution in [0.3, 0.4) is 0 Å². The molecule has 1 aromatic rings. The Morgan fingerprint density at radius 1 is 1.71 bits per heavy atom. The third kappa shape index (κ3) is 0.920. The van der Waals surface area contributed by atoms with Gasteiger partial charge in [-0.2, -0.15) is 0 Å². The molecule has 0 saturated heterocycles. The van der Waals surface area contributed by atoms with Gasteiger partial charge in [-0.15, -0.1) is 17.7 Å². The topological polar surface area (TPSA) is 25.8 Å². The SMILES string of the molecule is Cc1snnc1S. The van der Waals surface area contributed by atoms with Gasteiger partial charge >= 0.3 is 0 Å². The van der Waals surface area contributed by atoms with Crippen molar-refractivity contribution in [1.29, 1.82) is 0 Å². The molecule has 0 unspecified atom stereocenters. The Balaban J connectivity index is 3.12. The second-order valence-corrected chi connectivity index (χ2v) is 2.53. The molecule has 0 N–H and O–H groups in total. The van der Waals surface area contributed by atoms with Crippen LogP contribution >= 0.6 is 24.2 Å². The van der Waals surface area contributed by atoms with E-state index in [1.165, 1.54) is 11.5 Å².